The van der Waals surface area contributed by atoms with Gasteiger partial charge in [-0.1, -0.05) is 18.2 Å². The average molecular weight is 321 g/mol. The van der Waals surface area contributed by atoms with Crippen LogP contribution in [0.5, 0.6) is 5.75 Å². The summed E-state index contributed by atoms with van der Waals surface area (Å²) in [6.45, 7) is 3.91. The third-order valence-corrected chi connectivity index (χ3v) is 3.95. The molecule has 24 heavy (non-hydrogen) atoms. The van der Waals surface area contributed by atoms with E-state index in [4.69, 9.17) is 4.74 Å². The van der Waals surface area contributed by atoms with Gasteiger partial charge in [0.25, 0.3) is 5.91 Å². The maximum atomic E-state index is 12.5. The summed E-state index contributed by atoms with van der Waals surface area (Å²) in [5.74, 6) is 0.564. The maximum Gasteiger partial charge on any atom is 0.259 e. The zero-order valence-electron chi connectivity index (χ0n) is 13.9. The molecule has 0 fully saturated rings. The van der Waals surface area contributed by atoms with Crippen molar-refractivity contribution in [2.24, 2.45) is 0 Å². The Morgan fingerprint density at radius 3 is 2.46 bits per heavy atom. The number of carbonyl (C=O) groups excluding carboxylic acids is 1. The molecule has 0 spiro atoms. The molecule has 5 nitrogen and oxygen atoms in total. The molecule has 0 aliphatic rings. The number of carbonyl (C=O) groups is 1. The molecule has 0 bridgehead atoms. The molecule has 122 valence electrons. The number of amides is 1. The normalized spacial score (nSPS) is 10.5. The van der Waals surface area contributed by atoms with Crippen molar-refractivity contribution in [1.82, 2.24) is 9.78 Å². The van der Waals surface area contributed by atoms with Crippen LogP contribution in [0.2, 0.25) is 0 Å². The molecule has 0 saturated heterocycles. The summed E-state index contributed by atoms with van der Waals surface area (Å²) in [4.78, 5) is 12.5. The molecule has 1 heterocycles. The lowest BCUT2D eigenvalue weighted by molar-refractivity contribution is 0.102. The standard InChI is InChI=1S/C19H19N3O2/c1-13-6-4-5-7-18(13)22-14(2)17(12-20-22)19(23)21-15-8-10-16(24-3)11-9-15/h4-12H,1-3H3,(H,21,23). The fraction of sp³-hybridized carbons (Fsp3) is 0.158. The van der Waals surface area contributed by atoms with Gasteiger partial charge in [-0.15, -0.1) is 0 Å². The molecule has 1 aromatic heterocycles. The van der Waals surface area contributed by atoms with E-state index >= 15 is 0 Å². The average Bonchev–Trinajstić information content (AvgIpc) is 2.97. The quantitative estimate of drug-likeness (QED) is 0.796. The van der Waals surface area contributed by atoms with Gasteiger partial charge in [-0.2, -0.15) is 5.10 Å². The first-order valence-corrected chi connectivity index (χ1v) is 7.66. The molecule has 3 aromatic rings. The van der Waals surface area contributed by atoms with Crippen LogP contribution in [0.15, 0.2) is 54.7 Å². The first-order chi connectivity index (χ1) is 11.6. The van der Waals surface area contributed by atoms with Gasteiger partial charge in [0.2, 0.25) is 0 Å². The first-order valence-electron chi connectivity index (χ1n) is 7.66. The van der Waals surface area contributed by atoms with Gasteiger partial charge in [-0.3, -0.25) is 4.79 Å². The fourth-order valence-corrected chi connectivity index (χ4v) is 2.55. The number of benzene rings is 2. The van der Waals surface area contributed by atoms with Gasteiger partial charge in [0.15, 0.2) is 0 Å². The zero-order valence-corrected chi connectivity index (χ0v) is 13.9. The number of nitrogens with zero attached hydrogens (tertiary/aromatic N) is 2. The fourth-order valence-electron chi connectivity index (χ4n) is 2.55. The topological polar surface area (TPSA) is 56.1 Å². The van der Waals surface area contributed by atoms with Crippen LogP contribution in [0.3, 0.4) is 0 Å². The predicted molar refractivity (Wildman–Crippen MR) is 94.0 cm³/mol. The molecular formula is C19H19N3O2. The van der Waals surface area contributed by atoms with Crippen molar-refractivity contribution in [2.75, 3.05) is 12.4 Å². The summed E-state index contributed by atoms with van der Waals surface area (Å²) in [7, 11) is 1.61. The number of methoxy groups -OCH3 is 1. The number of hydrogen-bond donors (Lipinski definition) is 1. The van der Waals surface area contributed by atoms with E-state index in [0.717, 1.165) is 22.7 Å². The van der Waals surface area contributed by atoms with Gasteiger partial charge >= 0.3 is 0 Å². The Bertz CT molecular complexity index is 867. The van der Waals surface area contributed by atoms with Crippen molar-refractivity contribution >= 4 is 11.6 Å². The van der Waals surface area contributed by atoms with Gasteiger partial charge < -0.3 is 10.1 Å². The van der Waals surface area contributed by atoms with Crippen molar-refractivity contribution in [2.45, 2.75) is 13.8 Å². The number of rotatable bonds is 4. The molecule has 1 amide bonds. The monoisotopic (exact) mass is 321 g/mol. The van der Waals surface area contributed by atoms with Gasteiger partial charge in [0.05, 0.1) is 30.3 Å². The molecule has 0 aliphatic heterocycles. The summed E-state index contributed by atoms with van der Waals surface area (Å²) in [6, 6.07) is 15.2. The first kappa shape index (κ1) is 15.8. The summed E-state index contributed by atoms with van der Waals surface area (Å²) < 4.78 is 6.91. The van der Waals surface area contributed by atoms with Crippen LogP contribution < -0.4 is 10.1 Å². The van der Waals surface area contributed by atoms with E-state index in [1.165, 1.54) is 0 Å². The summed E-state index contributed by atoms with van der Waals surface area (Å²) in [6.07, 6.45) is 1.60. The van der Waals surface area contributed by atoms with Gasteiger partial charge in [-0.05, 0) is 49.7 Å². The molecule has 0 saturated carbocycles. The van der Waals surface area contributed by atoms with Crippen molar-refractivity contribution in [1.29, 1.82) is 0 Å². The number of ether oxygens (including phenoxy) is 1. The maximum absolute atomic E-state index is 12.5. The Morgan fingerprint density at radius 1 is 1.08 bits per heavy atom. The van der Waals surface area contributed by atoms with Crippen LogP contribution in [-0.4, -0.2) is 22.8 Å². The van der Waals surface area contributed by atoms with E-state index < -0.39 is 0 Å². The molecular weight excluding hydrogens is 302 g/mol. The summed E-state index contributed by atoms with van der Waals surface area (Å²) >= 11 is 0. The van der Waals surface area contributed by atoms with Crippen molar-refractivity contribution in [3.05, 3.63) is 71.5 Å². The zero-order chi connectivity index (χ0) is 17.1. The minimum Gasteiger partial charge on any atom is -0.497 e. The lowest BCUT2D eigenvalue weighted by Gasteiger charge is -2.09. The highest BCUT2D eigenvalue weighted by Gasteiger charge is 2.16. The minimum absolute atomic E-state index is 0.183. The lowest BCUT2D eigenvalue weighted by Crippen LogP contribution is -2.13. The second-order valence-corrected chi connectivity index (χ2v) is 5.52. The Kier molecular flexibility index (Phi) is 4.33. The highest BCUT2D eigenvalue weighted by atomic mass is 16.5. The second kappa shape index (κ2) is 6.58. The van der Waals surface area contributed by atoms with Crippen LogP contribution in [0.25, 0.3) is 5.69 Å². The molecule has 1 N–H and O–H groups in total. The Hall–Kier alpha value is -3.08. The van der Waals surface area contributed by atoms with Crippen LogP contribution in [0.1, 0.15) is 21.6 Å². The van der Waals surface area contributed by atoms with Crippen LogP contribution in [0, 0.1) is 13.8 Å². The highest BCUT2D eigenvalue weighted by Crippen LogP contribution is 2.20. The number of aromatic nitrogens is 2. The number of hydrogen-bond acceptors (Lipinski definition) is 3. The Morgan fingerprint density at radius 2 is 1.79 bits per heavy atom. The molecule has 0 radical (unpaired) electrons. The third kappa shape index (κ3) is 3.01. The molecule has 2 aromatic carbocycles. The Labute approximate surface area is 140 Å². The van der Waals surface area contributed by atoms with E-state index in [0.29, 0.717) is 11.3 Å². The van der Waals surface area contributed by atoms with E-state index in [1.54, 1.807) is 42.3 Å². The number of anilines is 1. The molecule has 3 rings (SSSR count). The summed E-state index contributed by atoms with van der Waals surface area (Å²) in [5, 5.41) is 7.25. The number of nitrogens with one attached hydrogen (secondary N) is 1. The van der Waals surface area contributed by atoms with Gasteiger partial charge in [0, 0.05) is 5.69 Å². The lowest BCUT2D eigenvalue weighted by atomic mass is 10.2. The SMILES string of the molecule is COc1ccc(NC(=O)c2cnn(-c3ccccc3C)c2C)cc1. The van der Waals surface area contributed by atoms with Gasteiger partial charge in [-0.25, -0.2) is 4.68 Å². The smallest absolute Gasteiger partial charge is 0.259 e. The van der Waals surface area contributed by atoms with E-state index in [1.807, 2.05) is 38.1 Å². The van der Waals surface area contributed by atoms with E-state index in [9.17, 15) is 4.79 Å². The summed E-state index contributed by atoms with van der Waals surface area (Å²) in [5.41, 5.74) is 4.14. The van der Waals surface area contributed by atoms with Crippen molar-refractivity contribution in [3.63, 3.8) is 0 Å². The van der Waals surface area contributed by atoms with E-state index in [2.05, 4.69) is 10.4 Å². The molecule has 0 aliphatic carbocycles. The van der Waals surface area contributed by atoms with Crippen LogP contribution in [0.4, 0.5) is 5.69 Å². The van der Waals surface area contributed by atoms with Crippen molar-refractivity contribution in [3.8, 4) is 11.4 Å². The van der Waals surface area contributed by atoms with Gasteiger partial charge in [0.1, 0.15) is 5.75 Å². The predicted octanol–water partition coefficient (Wildman–Crippen LogP) is 3.75. The molecule has 0 unspecified atom stereocenters. The van der Waals surface area contributed by atoms with Crippen LogP contribution in [-0.2, 0) is 0 Å². The third-order valence-electron chi connectivity index (χ3n) is 3.95. The molecule has 0 atom stereocenters. The van der Waals surface area contributed by atoms with E-state index in [-0.39, 0.29) is 5.91 Å². The number of aryl methyl sites for hydroxylation is 1. The second-order valence-electron chi connectivity index (χ2n) is 5.52. The van der Waals surface area contributed by atoms with Crippen LogP contribution >= 0.6 is 0 Å². The molecule has 5 heteroatoms. The number of para-hydroxylation sites is 1. The largest absolute Gasteiger partial charge is 0.497 e. The minimum atomic E-state index is -0.183. The Balaban J connectivity index is 1.85. The van der Waals surface area contributed by atoms with Crippen molar-refractivity contribution < 1.29 is 9.53 Å². The highest BCUT2D eigenvalue weighted by molar-refractivity contribution is 6.05.